The van der Waals surface area contributed by atoms with Crippen molar-refractivity contribution in [2.24, 2.45) is 17.8 Å². The van der Waals surface area contributed by atoms with Crippen molar-refractivity contribution in [2.45, 2.75) is 40.5 Å². The van der Waals surface area contributed by atoms with Crippen LogP contribution in [0.1, 0.15) is 40.5 Å². The summed E-state index contributed by atoms with van der Waals surface area (Å²) >= 11 is 5.86. The summed E-state index contributed by atoms with van der Waals surface area (Å²) in [5, 5.41) is 0. The fourth-order valence-corrected chi connectivity index (χ4v) is 1.68. The molecular weight excluding hydrogens is 156 g/mol. The molecule has 0 aliphatic rings. The van der Waals surface area contributed by atoms with Crippen molar-refractivity contribution in [3.05, 3.63) is 0 Å². The monoisotopic (exact) mass is 176 g/mol. The van der Waals surface area contributed by atoms with Crippen LogP contribution < -0.4 is 0 Å². The lowest BCUT2D eigenvalue weighted by atomic mass is 9.87. The highest BCUT2D eigenvalue weighted by Gasteiger charge is 2.14. The van der Waals surface area contributed by atoms with Gasteiger partial charge in [0.25, 0.3) is 0 Å². The molecule has 0 heterocycles. The molecule has 0 aromatic rings. The summed E-state index contributed by atoms with van der Waals surface area (Å²) in [5.41, 5.74) is 0. The standard InChI is InChI=1S/C10H21Cl/c1-5-9(4)6-10(7-11)8(2)3/h8-10H,5-7H2,1-4H3. The van der Waals surface area contributed by atoms with E-state index >= 15 is 0 Å². The van der Waals surface area contributed by atoms with Gasteiger partial charge in [-0.1, -0.05) is 34.1 Å². The minimum atomic E-state index is 0.714. The first kappa shape index (κ1) is 11.3. The van der Waals surface area contributed by atoms with E-state index in [1.54, 1.807) is 0 Å². The van der Waals surface area contributed by atoms with Gasteiger partial charge in [-0.2, -0.15) is 0 Å². The lowest BCUT2D eigenvalue weighted by molar-refractivity contribution is 0.330. The van der Waals surface area contributed by atoms with Gasteiger partial charge in [0.05, 0.1) is 0 Å². The maximum atomic E-state index is 5.86. The Kier molecular flexibility index (Phi) is 6.03. The number of rotatable bonds is 5. The molecule has 0 aliphatic heterocycles. The van der Waals surface area contributed by atoms with Crippen LogP contribution in [0.5, 0.6) is 0 Å². The SMILES string of the molecule is CCC(C)CC(CCl)C(C)C. The predicted molar refractivity (Wildman–Crippen MR) is 53.1 cm³/mol. The molecule has 0 bridgehead atoms. The van der Waals surface area contributed by atoms with Gasteiger partial charge in [0.1, 0.15) is 0 Å². The van der Waals surface area contributed by atoms with Gasteiger partial charge < -0.3 is 0 Å². The molecule has 0 saturated heterocycles. The second kappa shape index (κ2) is 5.88. The molecular formula is C10H21Cl. The predicted octanol–water partition coefficient (Wildman–Crippen LogP) is 3.93. The molecule has 2 atom stereocenters. The molecule has 1 heteroatoms. The highest BCUT2D eigenvalue weighted by molar-refractivity contribution is 6.18. The van der Waals surface area contributed by atoms with Gasteiger partial charge in [0, 0.05) is 5.88 Å². The molecule has 0 amide bonds. The third kappa shape index (κ3) is 4.68. The Morgan fingerprint density at radius 2 is 1.73 bits per heavy atom. The van der Waals surface area contributed by atoms with Crippen molar-refractivity contribution < 1.29 is 0 Å². The number of halogens is 1. The van der Waals surface area contributed by atoms with E-state index in [1.807, 2.05) is 0 Å². The summed E-state index contributed by atoms with van der Waals surface area (Å²) in [5.74, 6) is 3.11. The number of hydrogen-bond donors (Lipinski definition) is 0. The van der Waals surface area contributed by atoms with Crippen molar-refractivity contribution in [3.63, 3.8) is 0 Å². The van der Waals surface area contributed by atoms with Crippen molar-refractivity contribution in [2.75, 3.05) is 5.88 Å². The maximum absolute atomic E-state index is 5.86. The quantitative estimate of drug-likeness (QED) is 0.557. The van der Waals surface area contributed by atoms with E-state index in [0.717, 1.165) is 17.7 Å². The summed E-state index contributed by atoms with van der Waals surface area (Å²) in [4.78, 5) is 0. The summed E-state index contributed by atoms with van der Waals surface area (Å²) in [6, 6.07) is 0. The summed E-state index contributed by atoms with van der Waals surface area (Å²) < 4.78 is 0. The topological polar surface area (TPSA) is 0 Å². The summed E-state index contributed by atoms with van der Waals surface area (Å²) in [6.07, 6.45) is 2.57. The first-order valence-electron chi connectivity index (χ1n) is 4.67. The van der Waals surface area contributed by atoms with E-state index in [9.17, 15) is 0 Å². The number of hydrogen-bond acceptors (Lipinski definition) is 0. The first-order valence-corrected chi connectivity index (χ1v) is 5.21. The first-order chi connectivity index (χ1) is 5.11. The largest absolute Gasteiger partial charge is 0.126 e. The van der Waals surface area contributed by atoms with Crippen LogP contribution in [-0.4, -0.2) is 5.88 Å². The fraction of sp³-hybridized carbons (Fsp3) is 1.00. The maximum Gasteiger partial charge on any atom is 0.0254 e. The zero-order chi connectivity index (χ0) is 8.85. The second-order valence-corrected chi connectivity index (χ2v) is 4.22. The Morgan fingerprint density at radius 3 is 2.00 bits per heavy atom. The number of alkyl halides is 1. The van der Waals surface area contributed by atoms with E-state index in [2.05, 4.69) is 27.7 Å². The lowest BCUT2D eigenvalue weighted by Crippen LogP contribution is -2.13. The third-order valence-corrected chi connectivity index (χ3v) is 2.94. The molecule has 0 aliphatic carbocycles. The lowest BCUT2D eigenvalue weighted by Gasteiger charge is -2.21. The molecule has 0 spiro atoms. The Balaban J connectivity index is 3.68. The van der Waals surface area contributed by atoms with Gasteiger partial charge in [-0.15, -0.1) is 11.6 Å². The molecule has 0 nitrogen and oxygen atoms in total. The van der Waals surface area contributed by atoms with Crippen LogP contribution in [0.3, 0.4) is 0 Å². The van der Waals surface area contributed by atoms with Crippen molar-refractivity contribution >= 4 is 11.6 Å². The average Bonchev–Trinajstić information content (AvgIpc) is 1.99. The zero-order valence-electron chi connectivity index (χ0n) is 8.23. The molecule has 0 rings (SSSR count). The van der Waals surface area contributed by atoms with Gasteiger partial charge >= 0.3 is 0 Å². The highest BCUT2D eigenvalue weighted by atomic mass is 35.5. The molecule has 2 unspecified atom stereocenters. The van der Waals surface area contributed by atoms with Gasteiger partial charge in [0.15, 0.2) is 0 Å². The van der Waals surface area contributed by atoms with E-state index in [1.165, 1.54) is 12.8 Å². The second-order valence-electron chi connectivity index (χ2n) is 3.91. The Bertz CT molecular complexity index is 88.9. The van der Waals surface area contributed by atoms with Crippen LogP contribution in [0.4, 0.5) is 0 Å². The molecule has 0 N–H and O–H groups in total. The third-order valence-electron chi connectivity index (χ3n) is 2.54. The van der Waals surface area contributed by atoms with Crippen LogP contribution in [-0.2, 0) is 0 Å². The molecule has 0 saturated carbocycles. The fourth-order valence-electron chi connectivity index (χ4n) is 1.20. The Hall–Kier alpha value is 0.290. The van der Waals surface area contributed by atoms with Crippen molar-refractivity contribution in [1.82, 2.24) is 0 Å². The minimum Gasteiger partial charge on any atom is -0.126 e. The smallest absolute Gasteiger partial charge is 0.0254 e. The molecule has 0 aromatic carbocycles. The van der Waals surface area contributed by atoms with Gasteiger partial charge in [0.2, 0.25) is 0 Å². The van der Waals surface area contributed by atoms with E-state index in [0.29, 0.717) is 5.92 Å². The highest BCUT2D eigenvalue weighted by Crippen LogP contribution is 2.22. The molecule has 68 valence electrons. The van der Waals surface area contributed by atoms with E-state index < -0.39 is 0 Å². The van der Waals surface area contributed by atoms with E-state index in [4.69, 9.17) is 11.6 Å². The zero-order valence-corrected chi connectivity index (χ0v) is 8.99. The molecule has 0 radical (unpaired) electrons. The molecule has 0 aromatic heterocycles. The van der Waals surface area contributed by atoms with Crippen LogP contribution in [0.2, 0.25) is 0 Å². The summed E-state index contributed by atoms with van der Waals surface area (Å²) in [7, 11) is 0. The van der Waals surface area contributed by atoms with Crippen LogP contribution >= 0.6 is 11.6 Å². The van der Waals surface area contributed by atoms with Crippen LogP contribution in [0.25, 0.3) is 0 Å². The van der Waals surface area contributed by atoms with Gasteiger partial charge in [-0.3, -0.25) is 0 Å². The molecule has 11 heavy (non-hydrogen) atoms. The van der Waals surface area contributed by atoms with Crippen molar-refractivity contribution in [1.29, 1.82) is 0 Å². The van der Waals surface area contributed by atoms with Crippen LogP contribution in [0.15, 0.2) is 0 Å². The summed E-state index contributed by atoms with van der Waals surface area (Å²) in [6.45, 7) is 9.07. The van der Waals surface area contributed by atoms with Gasteiger partial charge in [-0.05, 0) is 24.2 Å². The van der Waals surface area contributed by atoms with Gasteiger partial charge in [-0.25, -0.2) is 0 Å². The Morgan fingerprint density at radius 1 is 1.18 bits per heavy atom. The molecule has 0 fully saturated rings. The average molecular weight is 177 g/mol. The normalized spacial score (nSPS) is 16.9. The minimum absolute atomic E-state index is 0.714. The van der Waals surface area contributed by atoms with E-state index in [-0.39, 0.29) is 0 Å². The van der Waals surface area contributed by atoms with Crippen molar-refractivity contribution in [3.8, 4) is 0 Å². The Labute approximate surface area is 76.3 Å². The van der Waals surface area contributed by atoms with Crippen LogP contribution in [0, 0.1) is 17.8 Å².